The number of nitrogens with zero attached hydrogens (tertiary/aromatic N) is 4. The summed E-state index contributed by atoms with van der Waals surface area (Å²) in [5.41, 5.74) is 0.528. The maximum atomic E-state index is 12.4. The molecule has 0 bridgehead atoms. The third kappa shape index (κ3) is 6.18. The lowest BCUT2D eigenvalue weighted by molar-refractivity contribution is -0.384. The number of thiocarbonyl (C=S) groups is 1. The molecular formula is C18H18N4O6S3. The molecule has 13 heteroatoms. The molecule has 3 rings (SSSR count). The number of nitro groups is 1. The molecular weight excluding hydrogens is 464 g/mol. The summed E-state index contributed by atoms with van der Waals surface area (Å²) in [6, 6.07) is 5.63. The van der Waals surface area contributed by atoms with Gasteiger partial charge in [-0.05, 0) is 43.5 Å². The molecule has 2 atom stereocenters. The van der Waals surface area contributed by atoms with Crippen molar-refractivity contribution >= 4 is 57.4 Å². The third-order valence-electron chi connectivity index (χ3n) is 4.35. The van der Waals surface area contributed by atoms with Gasteiger partial charge in [0, 0.05) is 25.1 Å². The van der Waals surface area contributed by atoms with Crippen LogP contribution in [0.15, 0.2) is 24.3 Å². The first-order valence-corrected chi connectivity index (χ1v) is 11.1. The zero-order chi connectivity index (χ0) is 22.5. The number of hydrogen-bond acceptors (Lipinski definition) is 11. The summed E-state index contributed by atoms with van der Waals surface area (Å²) >= 11 is 7.96. The first kappa shape index (κ1) is 23.0. The van der Waals surface area contributed by atoms with E-state index < -0.39 is 23.1 Å². The maximum absolute atomic E-state index is 12.4. The van der Waals surface area contributed by atoms with Crippen LogP contribution in [0.25, 0.3) is 0 Å². The fourth-order valence-corrected chi connectivity index (χ4v) is 4.88. The highest BCUT2D eigenvalue weighted by atomic mass is 32.2. The summed E-state index contributed by atoms with van der Waals surface area (Å²) < 4.78 is 12.3. The molecule has 10 nitrogen and oxygen atoms in total. The summed E-state index contributed by atoms with van der Waals surface area (Å²) in [6.07, 6.45) is -1.11. The molecule has 1 saturated heterocycles. The van der Waals surface area contributed by atoms with Gasteiger partial charge in [-0.15, -0.1) is 21.5 Å². The number of carbonyl (C=O) groups is 2. The molecule has 0 aliphatic carbocycles. The number of carbonyl (C=O) groups excluding carboxylic acids is 2. The van der Waals surface area contributed by atoms with Crippen LogP contribution in [0.2, 0.25) is 0 Å². The van der Waals surface area contributed by atoms with Crippen molar-refractivity contribution in [3.8, 4) is 0 Å². The highest BCUT2D eigenvalue weighted by Gasteiger charge is 2.43. The fourth-order valence-electron chi connectivity index (χ4n) is 2.66. The third-order valence-corrected chi connectivity index (χ3v) is 6.46. The normalized spacial score (nSPS) is 16.4. The smallest absolute Gasteiger partial charge is 0.430 e. The largest absolute Gasteiger partial charge is 0.508 e. The second-order valence-electron chi connectivity index (χ2n) is 6.65. The van der Waals surface area contributed by atoms with Crippen LogP contribution in [0.5, 0.6) is 0 Å². The molecule has 164 valence electrons. The van der Waals surface area contributed by atoms with Crippen LogP contribution in [0.3, 0.4) is 0 Å². The number of rotatable bonds is 8. The van der Waals surface area contributed by atoms with E-state index in [2.05, 4.69) is 10.2 Å². The van der Waals surface area contributed by atoms with Gasteiger partial charge in [-0.3, -0.25) is 19.2 Å². The summed E-state index contributed by atoms with van der Waals surface area (Å²) in [6.45, 7) is 3.79. The van der Waals surface area contributed by atoms with Crippen molar-refractivity contribution in [1.82, 2.24) is 14.5 Å². The van der Waals surface area contributed by atoms with Gasteiger partial charge >= 0.3 is 6.16 Å². The topological polar surface area (TPSA) is 125 Å². The van der Waals surface area contributed by atoms with Crippen LogP contribution in [0.1, 0.15) is 22.5 Å². The van der Waals surface area contributed by atoms with Gasteiger partial charge < -0.3 is 9.47 Å². The van der Waals surface area contributed by atoms with Crippen LogP contribution in [0.4, 0.5) is 10.5 Å². The maximum Gasteiger partial charge on any atom is 0.508 e. The molecule has 0 spiro atoms. The average molecular weight is 483 g/mol. The molecule has 1 aliphatic rings. The predicted octanol–water partition coefficient (Wildman–Crippen LogP) is 3.47. The molecule has 2 aromatic rings. The van der Waals surface area contributed by atoms with Gasteiger partial charge in [-0.25, -0.2) is 4.79 Å². The highest BCUT2D eigenvalue weighted by Crippen LogP contribution is 2.31. The van der Waals surface area contributed by atoms with Gasteiger partial charge in [-0.2, -0.15) is 0 Å². The predicted molar refractivity (Wildman–Crippen MR) is 118 cm³/mol. The Morgan fingerprint density at radius 1 is 1.42 bits per heavy atom. The molecule has 0 saturated carbocycles. The minimum Gasteiger partial charge on any atom is -0.430 e. The SMILES string of the molecule is Cc1nnc(CC(=S)SN2C[C@@H](C(C)OC(=O)OCc3ccc([N+](=O)[O-])cc3)C2=O)s1. The number of aromatic nitrogens is 2. The first-order chi connectivity index (χ1) is 14.7. The Hall–Kier alpha value is -2.64. The van der Waals surface area contributed by atoms with E-state index in [1.54, 1.807) is 6.92 Å². The highest BCUT2D eigenvalue weighted by molar-refractivity contribution is 8.21. The second-order valence-corrected chi connectivity index (χ2v) is 9.78. The van der Waals surface area contributed by atoms with Gasteiger partial charge in [0.1, 0.15) is 22.7 Å². The number of nitro benzene ring substituents is 1. The van der Waals surface area contributed by atoms with Crippen molar-refractivity contribution in [3.05, 3.63) is 50.0 Å². The molecule has 31 heavy (non-hydrogen) atoms. The number of amides is 1. The lowest BCUT2D eigenvalue weighted by Gasteiger charge is -2.39. The van der Waals surface area contributed by atoms with E-state index in [-0.39, 0.29) is 18.2 Å². The van der Waals surface area contributed by atoms with Crippen molar-refractivity contribution in [2.45, 2.75) is 33.0 Å². The molecule has 1 aliphatic heterocycles. The molecule has 1 unspecified atom stereocenters. The molecule has 1 amide bonds. The van der Waals surface area contributed by atoms with Crippen LogP contribution in [-0.2, 0) is 27.3 Å². The zero-order valence-corrected chi connectivity index (χ0v) is 19.0. The lowest BCUT2D eigenvalue weighted by Crippen LogP contribution is -2.54. The second kappa shape index (κ2) is 10.1. The summed E-state index contributed by atoms with van der Waals surface area (Å²) in [4.78, 5) is 34.4. The molecule has 1 fully saturated rings. The van der Waals surface area contributed by atoms with Crippen LogP contribution >= 0.6 is 35.5 Å². The summed E-state index contributed by atoms with van der Waals surface area (Å²) in [5.74, 6) is -0.637. The molecule has 0 radical (unpaired) electrons. The van der Waals surface area contributed by atoms with Crippen LogP contribution in [-0.4, -0.2) is 48.3 Å². The van der Waals surface area contributed by atoms with Gasteiger partial charge in [0.2, 0.25) is 5.91 Å². The van der Waals surface area contributed by atoms with Crippen molar-refractivity contribution in [1.29, 1.82) is 0 Å². The number of benzene rings is 1. The Kier molecular flexibility index (Phi) is 7.51. The summed E-state index contributed by atoms with van der Waals surface area (Å²) in [5, 5.41) is 20.3. The van der Waals surface area contributed by atoms with Gasteiger partial charge in [-0.1, -0.05) is 12.2 Å². The van der Waals surface area contributed by atoms with E-state index in [4.69, 9.17) is 21.7 Å². The quantitative estimate of drug-likeness (QED) is 0.138. The fraction of sp³-hybridized carbons (Fsp3) is 0.389. The van der Waals surface area contributed by atoms with Gasteiger partial charge in [0.25, 0.3) is 5.69 Å². The number of ether oxygens (including phenoxy) is 2. The number of hydrogen-bond donors (Lipinski definition) is 0. The van der Waals surface area contributed by atoms with E-state index in [1.165, 1.54) is 51.9 Å². The number of non-ortho nitro benzene ring substituents is 1. The minimum absolute atomic E-state index is 0.0521. The Morgan fingerprint density at radius 2 is 2.13 bits per heavy atom. The number of aryl methyl sites for hydroxylation is 1. The monoisotopic (exact) mass is 482 g/mol. The molecule has 0 N–H and O–H groups in total. The lowest BCUT2D eigenvalue weighted by atomic mass is 9.96. The molecule has 1 aromatic heterocycles. The molecule has 1 aromatic carbocycles. The van der Waals surface area contributed by atoms with Crippen molar-refractivity contribution in [2.24, 2.45) is 5.92 Å². The van der Waals surface area contributed by atoms with E-state index in [9.17, 15) is 19.7 Å². The van der Waals surface area contributed by atoms with E-state index >= 15 is 0 Å². The standard InChI is InChI=1S/C18H18N4O6S3/c1-10(28-18(24)27-9-12-3-5-13(6-4-12)22(25)26)14-8-21(17(14)23)31-16(29)7-15-20-19-11(2)30-15/h3-6,10,14H,7-9H2,1-2H3/t10?,14-/m0/s1. The Morgan fingerprint density at radius 3 is 2.71 bits per heavy atom. The Balaban J connectivity index is 1.39. The van der Waals surface area contributed by atoms with E-state index in [1.807, 2.05) is 6.92 Å². The average Bonchev–Trinajstić information content (AvgIpc) is 3.13. The van der Waals surface area contributed by atoms with Gasteiger partial charge in [0.15, 0.2) is 0 Å². The minimum atomic E-state index is -0.910. The molecule has 2 heterocycles. The summed E-state index contributed by atoms with van der Waals surface area (Å²) in [7, 11) is 0. The zero-order valence-electron chi connectivity index (χ0n) is 16.5. The van der Waals surface area contributed by atoms with Crippen molar-refractivity contribution in [2.75, 3.05) is 6.54 Å². The van der Waals surface area contributed by atoms with Crippen LogP contribution < -0.4 is 0 Å². The van der Waals surface area contributed by atoms with E-state index in [0.29, 0.717) is 22.7 Å². The Bertz CT molecular complexity index is 996. The van der Waals surface area contributed by atoms with Crippen molar-refractivity contribution in [3.63, 3.8) is 0 Å². The van der Waals surface area contributed by atoms with Crippen molar-refractivity contribution < 1.29 is 24.0 Å². The first-order valence-electron chi connectivity index (χ1n) is 9.11. The van der Waals surface area contributed by atoms with Crippen LogP contribution in [0, 0.1) is 23.0 Å². The Labute approximate surface area is 191 Å². The number of β-lactam (4-membered cyclic amide) rings is 1. The van der Waals surface area contributed by atoms with E-state index in [0.717, 1.165) is 10.0 Å². The van der Waals surface area contributed by atoms with Gasteiger partial charge in [0.05, 0.1) is 15.0 Å².